The molecule has 13 nitrogen and oxygen atoms in total. The highest BCUT2D eigenvalue weighted by Gasteiger charge is 2.45. The van der Waals surface area contributed by atoms with Gasteiger partial charge in [-0.3, -0.25) is 24.0 Å². The third kappa shape index (κ3) is 11.6. The fourth-order valence-electron chi connectivity index (χ4n) is 4.63. The Bertz CT molecular complexity index is 838. The summed E-state index contributed by atoms with van der Waals surface area (Å²) in [6.45, 7) is 6.19. The molecule has 0 spiro atoms. The fraction of sp³-hybridized carbons (Fsp3) is 0.828. The smallest absolute Gasteiger partial charge is 0.305 e. The van der Waals surface area contributed by atoms with Gasteiger partial charge in [-0.2, -0.15) is 0 Å². The van der Waals surface area contributed by atoms with Crippen LogP contribution in [0.25, 0.3) is 0 Å². The first-order valence-electron chi connectivity index (χ1n) is 14.7. The summed E-state index contributed by atoms with van der Waals surface area (Å²) in [4.78, 5) is 64.2. The number of hydrogen-bond donors (Lipinski definition) is 0. The highest BCUT2D eigenvalue weighted by atomic mass is 16.6. The Morgan fingerprint density at radius 1 is 0.500 bits per heavy atom. The maximum Gasteiger partial charge on any atom is 0.305 e. The van der Waals surface area contributed by atoms with Crippen LogP contribution in [0.15, 0.2) is 0 Å². The molecule has 0 saturated carbocycles. The molecular weight excluding hydrogens is 556 g/mol. The van der Waals surface area contributed by atoms with Crippen molar-refractivity contribution in [2.75, 3.05) is 52.9 Å². The zero-order valence-corrected chi connectivity index (χ0v) is 24.4. The molecule has 4 heterocycles. The third-order valence-corrected chi connectivity index (χ3v) is 7.95. The Morgan fingerprint density at radius 3 is 0.905 bits per heavy atom. The van der Waals surface area contributed by atoms with Crippen molar-refractivity contribution < 1.29 is 61.9 Å². The summed E-state index contributed by atoms with van der Waals surface area (Å²) in [5, 5.41) is 0. The molecule has 0 aromatic heterocycles. The zero-order valence-electron chi connectivity index (χ0n) is 24.4. The Kier molecular flexibility index (Phi) is 11.3. The second kappa shape index (κ2) is 14.7. The van der Waals surface area contributed by atoms with Crippen LogP contribution in [0.3, 0.4) is 0 Å². The molecule has 13 heteroatoms. The highest BCUT2D eigenvalue weighted by molar-refractivity contribution is 5.91. The van der Waals surface area contributed by atoms with Crippen LogP contribution in [0, 0.1) is 10.8 Å². The molecule has 0 aromatic carbocycles. The van der Waals surface area contributed by atoms with Crippen molar-refractivity contribution >= 4 is 29.7 Å². The van der Waals surface area contributed by atoms with Gasteiger partial charge in [0.25, 0.3) is 0 Å². The van der Waals surface area contributed by atoms with Crippen molar-refractivity contribution in [1.82, 2.24) is 0 Å². The molecule has 42 heavy (non-hydrogen) atoms. The van der Waals surface area contributed by atoms with Gasteiger partial charge in [-0.25, -0.2) is 0 Å². The van der Waals surface area contributed by atoms with Crippen LogP contribution >= 0.6 is 0 Å². The number of hydrogen-bond acceptors (Lipinski definition) is 13. The van der Waals surface area contributed by atoms with Gasteiger partial charge in [0.05, 0.1) is 26.4 Å². The Balaban J connectivity index is 1.41. The minimum atomic E-state index is -1.16. The van der Waals surface area contributed by atoms with E-state index in [9.17, 15) is 24.0 Å². The molecule has 0 aliphatic carbocycles. The number of epoxide rings is 4. The Morgan fingerprint density at radius 2 is 0.714 bits per heavy atom. The molecule has 0 bridgehead atoms. The quantitative estimate of drug-likeness (QED) is 0.0997. The zero-order chi connectivity index (χ0) is 30.2. The van der Waals surface area contributed by atoms with Crippen LogP contribution in [-0.2, 0) is 61.9 Å². The van der Waals surface area contributed by atoms with E-state index in [2.05, 4.69) is 0 Å². The molecule has 236 valence electrons. The van der Waals surface area contributed by atoms with Crippen LogP contribution in [0.5, 0.6) is 0 Å². The van der Waals surface area contributed by atoms with Crippen molar-refractivity contribution in [2.45, 2.75) is 89.6 Å². The number of carbonyl (C=O) groups is 5. The molecular formula is C29H42O13. The molecule has 4 atom stereocenters. The summed E-state index contributed by atoms with van der Waals surface area (Å²) in [6, 6.07) is 0. The molecule has 4 unspecified atom stereocenters. The van der Waals surface area contributed by atoms with E-state index in [0.717, 1.165) is 0 Å². The molecule has 4 aliphatic rings. The van der Waals surface area contributed by atoms with E-state index in [1.807, 2.05) is 0 Å². The number of carbonyl (C=O) groups excluding carboxylic acids is 5. The van der Waals surface area contributed by atoms with E-state index in [-0.39, 0.29) is 108 Å². The van der Waals surface area contributed by atoms with Gasteiger partial charge in [0.2, 0.25) is 0 Å². The molecule has 0 amide bonds. The van der Waals surface area contributed by atoms with E-state index < -0.39 is 34.7 Å². The molecule has 4 saturated heterocycles. The van der Waals surface area contributed by atoms with Gasteiger partial charge in [-0.1, -0.05) is 13.8 Å². The predicted molar refractivity (Wildman–Crippen MR) is 141 cm³/mol. The van der Waals surface area contributed by atoms with Crippen molar-refractivity contribution in [2.24, 2.45) is 10.8 Å². The lowest BCUT2D eigenvalue weighted by molar-refractivity contribution is -0.148. The third-order valence-electron chi connectivity index (χ3n) is 7.95. The minimum absolute atomic E-state index is 0.0527. The van der Waals surface area contributed by atoms with Gasteiger partial charge in [0.15, 0.2) is 0 Å². The van der Waals surface area contributed by atoms with Crippen LogP contribution in [0.2, 0.25) is 0 Å². The van der Waals surface area contributed by atoms with Gasteiger partial charge < -0.3 is 37.9 Å². The van der Waals surface area contributed by atoms with Crippen LogP contribution in [-0.4, -0.2) is 107 Å². The summed E-state index contributed by atoms with van der Waals surface area (Å²) in [6.07, 6.45) is -0.135. The Labute approximate surface area is 245 Å². The van der Waals surface area contributed by atoms with Crippen LogP contribution in [0.4, 0.5) is 0 Å². The largest absolute Gasteiger partial charge is 0.463 e. The first kappa shape index (κ1) is 32.3. The van der Waals surface area contributed by atoms with Crippen molar-refractivity contribution in [3.05, 3.63) is 0 Å². The monoisotopic (exact) mass is 598 g/mol. The van der Waals surface area contributed by atoms with E-state index >= 15 is 0 Å². The second-order valence-electron chi connectivity index (χ2n) is 12.0. The van der Waals surface area contributed by atoms with Crippen molar-refractivity contribution in [3.63, 3.8) is 0 Å². The lowest BCUT2D eigenvalue weighted by Gasteiger charge is -2.38. The topological polar surface area (TPSA) is 172 Å². The van der Waals surface area contributed by atoms with Crippen LogP contribution in [0.1, 0.15) is 65.2 Å². The molecule has 0 N–H and O–H groups in total. The number of Topliss-reactive ketones (excluding diaryl/α,β-unsaturated/α-hetero) is 1. The number of esters is 4. The van der Waals surface area contributed by atoms with E-state index in [4.69, 9.17) is 37.9 Å². The SMILES string of the molecule is CC(CCC(=O)OCC1CO1)(CCC(=O)OCC1CO1)C(=O)C(C)(CCC(=O)OCC1CO1)CCC(=O)OCC1CO1. The average molecular weight is 599 g/mol. The van der Waals surface area contributed by atoms with Gasteiger partial charge in [-0.05, 0) is 25.7 Å². The lowest BCUT2D eigenvalue weighted by atomic mass is 9.64. The summed E-state index contributed by atoms with van der Waals surface area (Å²) in [7, 11) is 0. The van der Waals surface area contributed by atoms with Gasteiger partial charge in [0, 0.05) is 36.5 Å². The molecule has 4 rings (SSSR count). The molecule has 0 aromatic rings. The maximum absolute atomic E-state index is 14.4. The Hall–Kier alpha value is -2.61. The van der Waals surface area contributed by atoms with E-state index in [1.54, 1.807) is 13.8 Å². The maximum atomic E-state index is 14.4. The highest BCUT2D eigenvalue weighted by Crippen LogP contribution is 2.43. The van der Waals surface area contributed by atoms with Gasteiger partial charge in [0.1, 0.15) is 56.6 Å². The van der Waals surface area contributed by atoms with E-state index in [1.165, 1.54) is 0 Å². The number of ether oxygens (including phenoxy) is 8. The lowest BCUT2D eigenvalue weighted by Crippen LogP contribution is -2.42. The minimum Gasteiger partial charge on any atom is -0.463 e. The van der Waals surface area contributed by atoms with Gasteiger partial charge in [-0.15, -0.1) is 0 Å². The normalized spacial score (nSPS) is 26.1. The average Bonchev–Trinajstić information content (AvgIpc) is 3.80. The summed E-state index contributed by atoms with van der Waals surface area (Å²) >= 11 is 0. The first-order valence-corrected chi connectivity index (χ1v) is 14.7. The predicted octanol–water partition coefficient (Wildman–Crippen LogP) is 1.46. The van der Waals surface area contributed by atoms with E-state index in [0.29, 0.717) is 26.4 Å². The second-order valence-corrected chi connectivity index (χ2v) is 12.0. The van der Waals surface area contributed by atoms with Crippen molar-refractivity contribution in [3.8, 4) is 0 Å². The number of rotatable bonds is 22. The standard InChI is InChI=1S/C29H42O13/c1-28(7-3-23(30)39-15-19-11-35-19,8-4-24(31)40-16-20-12-36-20)27(34)29(2,9-5-25(32)41-17-21-13-37-21)10-6-26(33)42-18-22-14-38-22/h19-22H,3-18H2,1-2H3. The summed E-state index contributed by atoms with van der Waals surface area (Å²) < 4.78 is 41.3. The summed E-state index contributed by atoms with van der Waals surface area (Å²) in [5.41, 5.74) is -2.31. The van der Waals surface area contributed by atoms with Crippen molar-refractivity contribution in [1.29, 1.82) is 0 Å². The summed E-state index contributed by atoms with van der Waals surface area (Å²) in [5.74, 6) is -2.16. The first-order chi connectivity index (χ1) is 20.0. The number of ketones is 1. The van der Waals surface area contributed by atoms with Crippen LogP contribution < -0.4 is 0 Å². The molecule has 4 aliphatic heterocycles. The molecule has 0 radical (unpaired) electrons. The van der Waals surface area contributed by atoms with Gasteiger partial charge >= 0.3 is 23.9 Å². The fourth-order valence-corrected chi connectivity index (χ4v) is 4.63. The molecule has 4 fully saturated rings.